The molecule has 2 N–H and O–H groups in total. The lowest BCUT2D eigenvalue weighted by atomic mass is 9.90. The van der Waals surface area contributed by atoms with Crippen molar-refractivity contribution in [3.8, 4) is 0 Å². The van der Waals surface area contributed by atoms with Crippen LogP contribution in [0.2, 0.25) is 0 Å². The second kappa shape index (κ2) is 5.10. The monoisotopic (exact) mass is 202 g/mol. The maximum Gasteiger partial charge on any atom is 0.0609 e. The Hall–Kier alpha value is -0.120. The van der Waals surface area contributed by atoms with E-state index in [1.165, 1.54) is 0 Å². The summed E-state index contributed by atoms with van der Waals surface area (Å²) in [7, 11) is 4.03. The minimum absolute atomic E-state index is 0.134. The third kappa shape index (κ3) is 4.40. The molecule has 0 atom stereocenters. The van der Waals surface area contributed by atoms with Gasteiger partial charge in [-0.25, -0.2) is 0 Å². The zero-order valence-electron chi connectivity index (χ0n) is 10.5. The van der Waals surface area contributed by atoms with Gasteiger partial charge in [0.2, 0.25) is 0 Å². The summed E-state index contributed by atoms with van der Waals surface area (Å²) in [6.45, 7) is 10.7. The number of nitrogens with one attached hydrogen (secondary N) is 1. The van der Waals surface area contributed by atoms with Gasteiger partial charge in [0, 0.05) is 18.6 Å². The number of rotatable bonds is 6. The predicted molar refractivity (Wildman–Crippen MR) is 61.5 cm³/mol. The van der Waals surface area contributed by atoms with Crippen LogP contribution in [0.15, 0.2) is 0 Å². The van der Waals surface area contributed by atoms with Crippen LogP contribution in [0.25, 0.3) is 0 Å². The molecule has 14 heavy (non-hydrogen) atoms. The van der Waals surface area contributed by atoms with Gasteiger partial charge in [0.05, 0.1) is 6.61 Å². The van der Waals surface area contributed by atoms with Crippen molar-refractivity contribution < 1.29 is 5.11 Å². The number of aliphatic hydroxyl groups is 1. The number of hydrogen-bond donors (Lipinski definition) is 2. The van der Waals surface area contributed by atoms with Gasteiger partial charge in [-0.2, -0.15) is 0 Å². The van der Waals surface area contributed by atoms with Crippen molar-refractivity contribution in [1.29, 1.82) is 0 Å². The Labute approximate surface area is 88.5 Å². The highest BCUT2D eigenvalue weighted by molar-refractivity contribution is 4.83. The summed E-state index contributed by atoms with van der Waals surface area (Å²) in [6, 6.07) is 0. The highest BCUT2D eigenvalue weighted by Crippen LogP contribution is 2.20. The lowest BCUT2D eigenvalue weighted by Gasteiger charge is -2.39. The normalized spacial score (nSPS) is 13.7. The van der Waals surface area contributed by atoms with Crippen molar-refractivity contribution in [2.75, 3.05) is 33.8 Å². The molecule has 3 nitrogen and oxygen atoms in total. The van der Waals surface area contributed by atoms with E-state index in [1.807, 2.05) is 7.05 Å². The van der Waals surface area contributed by atoms with Gasteiger partial charge in [-0.15, -0.1) is 0 Å². The molecule has 0 aliphatic rings. The van der Waals surface area contributed by atoms with Crippen LogP contribution in [-0.4, -0.2) is 49.3 Å². The molecule has 0 aliphatic carbocycles. The van der Waals surface area contributed by atoms with E-state index in [0.29, 0.717) is 0 Å². The van der Waals surface area contributed by atoms with Gasteiger partial charge in [-0.3, -0.25) is 4.90 Å². The first-order chi connectivity index (χ1) is 6.25. The van der Waals surface area contributed by atoms with Crippen molar-refractivity contribution in [3.05, 3.63) is 0 Å². The average molecular weight is 202 g/mol. The van der Waals surface area contributed by atoms with Gasteiger partial charge in [-0.05, 0) is 33.4 Å². The summed E-state index contributed by atoms with van der Waals surface area (Å²) in [6.07, 6.45) is 0. The summed E-state index contributed by atoms with van der Waals surface area (Å²) < 4.78 is 0. The quantitative estimate of drug-likeness (QED) is 0.673. The van der Waals surface area contributed by atoms with E-state index in [-0.39, 0.29) is 17.6 Å². The van der Waals surface area contributed by atoms with Gasteiger partial charge in [0.1, 0.15) is 0 Å². The molecule has 0 aromatic rings. The molecule has 0 unspecified atom stereocenters. The topological polar surface area (TPSA) is 35.5 Å². The van der Waals surface area contributed by atoms with Crippen LogP contribution in [0.1, 0.15) is 27.7 Å². The first-order valence-corrected chi connectivity index (χ1v) is 5.22. The summed E-state index contributed by atoms with van der Waals surface area (Å²) in [4.78, 5) is 2.21. The Kier molecular flexibility index (Phi) is 5.06. The van der Waals surface area contributed by atoms with E-state index in [2.05, 4.69) is 45.0 Å². The molecule has 0 amide bonds. The average Bonchev–Trinajstić information content (AvgIpc) is 2.03. The van der Waals surface area contributed by atoms with Crippen LogP contribution in [0.5, 0.6) is 0 Å². The molecule has 0 aromatic carbocycles. The molecule has 0 heterocycles. The third-order valence-electron chi connectivity index (χ3n) is 2.74. The Bertz CT molecular complexity index is 167. The Morgan fingerprint density at radius 1 is 1.21 bits per heavy atom. The Balaban J connectivity index is 4.23. The fraction of sp³-hybridized carbons (Fsp3) is 1.00. The first-order valence-electron chi connectivity index (χ1n) is 5.22. The van der Waals surface area contributed by atoms with Gasteiger partial charge in [0.25, 0.3) is 0 Å². The molecule has 0 aliphatic heterocycles. The van der Waals surface area contributed by atoms with Crippen LogP contribution >= 0.6 is 0 Å². The molecular weight excluding hydrogens is 176 g/mol. The van der Waals surface area contributed by atoms with E-state index in [1.54, 1.807) is 0 Å². The largest absolute Gasteiger partial charge is 0.394 e. The number of hydrogen-bond acceptors (Lipinski definition) is 3. The molecule has 0 radical (unpaired) electrons. The molecule has 86 valence electrons. The van der Waals surface area contributed by atoms with Gasteiger partial charge >= 0.3 is 0 Å². The first kappa shape index (κ1) is 13.9. The summed E-state index contributed by atoms with van der Waals surface area (Å²) in [5.74, 6) is 0. The Morgan fingerprint density at radius 3 is 2.07 bits per heavy atom. The molecule has 0 fully saturated rings. The van der Waals surface area contributed by atoms with Crippen LogP contribution in [0.4, 0.5) is 0 Å². The summed E-state index contributed by atoms with van der Waals surface area (Å²) >= 11 is 0. The number of likely N-dealkylation sites (N-methyl/N-ethyl adjacent to an activating group) is 1. The molecule has 0 aromatic heterocycles. The zero-order valence-corrected chi connectivity index (χ0v) is 10.5. The van der Waals surface area contributed by atoms with E-state index < -0.39 is 0 Å². The van der Waals surface area contributed by atoms with E-state index >= 15 is 0 Å². The second-order valence-corrected chi connectivity index (χ2v) is 5.52. The van der Waals surface area contributed by atoms with Gasteiger partial charge < -0.3 is 10.4 Å². The lowest BCUT2D eigenvalue weighted by Crippen LogP contribution is -2.49. The van der Waals surface area contributed by atoms with Crippen molar-refractivity contribution in [2.24, 2.45) is 5.41 Å². The van der Waals surface area contributed by atoms with Crippen molar-refractivity contribution in [2.45, 2.75) is 33.2 Å². The van der Waals surface area contributed by atoms with E-state index in [9.17, 15) is 5.11 Å². The number of nitrogens with zero attached hydrogens (tertiary/aromatic N) is 1. The van der Waals surface area contributed by atoms with Crippen molar-refractivity contribution >= 4 is 0 Å². The van der Waals surface area contributed by atoms with Crippen LogP contribution in [0.3, 0.4) is 0 Å². The predicted octanol–water partition coefficient (Wildman–Crippen LogP) is 0.935. The minimum Gasteiger partial charge on any atom is -0.394 e. The Morgan fingerprint density at radius 2 is 1.71 bits per heavy atom. The highest BCUT2D eigenvalue weighted by atomic mass is 16.3. The van der Waals surface area contributed by atoms with Gasteiger partial charge in [-0.1, -0.05) is 13.8 Å². The summed E-state index contributed by atoms with van der Waals surface area (Å²) in [5, 5.41) is 12.4. The standard InChI is InChI=1S/C11H26N2O/c1-10(2,7-12-5)8-13(6)11(3,4)9-14/h12,14H,7-9H2,1-6H3. The van der Waals surface area contributed by atoms with Crippen LogP contribution in [0, 0.1) is 5.41 Å². The fourth-order valence-corrected chi connectivity index (χ4v) is 1.51. The molecule has 0 saturated heterocycles. The molecule has 0 bridgehead atoms. The second-order valence-electron chi connectivity index (χ2n) is 5.52. The van der Waals surface area contributed by atoms with Gasteiger partial charge in [0.15, 0.2) is 0 Å². The van der Waals surface area contributed by atoms with Crippen LogP contribution in [-0.2, 0) is 0 Å². The maximum atomic E-state index is 9.23. The van der Waals surface area contributed by atoms with E-state index in [4.69, 9.17) is 0 Å². The smallest absolute Gasteiger partial charge is 0.0609 e. The zero-order chi connectivity index (χ0) is 11.4. The molecule has 0 saturated carbocycles. The molecule has 0 rings (SSSR count). The third-order valence-corrected chi connectivity index (χ3v) is 2.74. The highest BCUT2D eigenvalue weighted by Gasteiger charge is 2.28. The lowest BCUT2D eigenvalue weighted by molar-refractivity contribution is 0.0503. The number of aliphatic hydroxyl groups excluding tert-OH is 1. The fourth-order valence-electron chi connectivity index (χ4n) is 1.51. The molecule has 0 spiro atoms. The maximum absolute atomic E-state index is 9.23. The molecule has 3 heteroatoms. The van der Waals surface area contributed by atoms with E-state index in [0.717, 1.165) is 13.1 Å². The molecular formula is C11H26N2O. The summed E-state index contributed by atoms with van der Waals surface area (Å²) in [5.41, 5.74) is 0.0982. The minimum atomic E-state index is -0.134. The van der Waals surface area contributed by atoms with Crippen molar-refractivity contribution in [3.63, 3.8) is 0 Å². The van der Waals surface area contributed by atoms with Crippen molar-refractivity contribution in [1.82, 2.24) is 10.2 Å². The SMILES string of the molecule is CNCC(C)(C)CN(C)C(C)(C)CO. The van der Waals surface area contributed by atoms with Crippen LogP contribution < -0.4 is 5.32 Å².